The normalized spacial score (nSPS) is 23.1. The molecule has 1 heterocycles. The molecule has 1 aromatic carbocycles. The van der Waals surface area contributed by atoms with Crippen molar-refractivity contribution in [3.05, 3.63) is 28.0 Å². The van der Waals surface area contributed by atoms with Crippen molar-refractivity contribution in [2.24, 2.45) is 0 Å². The van der Waals surface area contributed by atoms with Gasteiger partial charge in [-0.1, -0.05) is 0 Å². The van der Waals surface area contributed by atoms with E-state index in [1.54, 1.807) is 13.0 Å². The van der Waals surface area contributed by atoms with Crippen molar-refractivity contribution in [3.8, 4) is 0 Å². The van der Waals surface area contributed by atoms with Gasteiger partial charge in [0.2, 0.25) is 5.91 Å². The average molecular weight is 317 g/mol. The molecule has 1 aliphatic rings. The van der Waals surface area contributed by atoms with Crippen LogP contribution < -0.4 is 10.6 Å². The molecule has 0 radical (unpaired) electrons. The fourth-order valence-corrected chi connectivity index (χ4v) is 2.38. The molecule has 3 N–H and O–H groups in total. The predicted octanol–water partition coefficient (Wildman–Crippen LogP) is 1.56. The van der Waals surface area contributed by atoms with Crippen molar-refractivity contribution in [3.63, 3.8) is 0 Å². The Morgan fingerprint density at radius 1 is 1.61 bits per heavy atom. The summed E-state index contributed by atoms with van der Waals surface area (Å²) in [5.41, 5.74) is 1.22. The third-order valence-corrected chi connectivity index (χ3v) is 3.56. The summed E-state index contributed by atoms with van der Waals surface area (Å²) in [5.74, 6) is -0.674. The van der Waals surface area contributed by atoms with Crippen molar-refractivity contribution >= 4 is 27.5 Å². The first-order chi connectivity index (χ1) is 8.47. The van der Waals surface area contributed by atoms with Gasteiger partial charge in [0.05, 0.1) is 16.6 Å². The molecule has 18 heavy (non-hydrogen) atoms. The number of carbonyl (C=O) groups is 1. The topological polar surface area (TPSA) is 61.4 Å². The van der Waals surface area contributed by atoms with Gasteiger partial charge in [0.1, 0.15) is 5.82 Å². The summed E-state index contributed by atoms with van der Waals surface area (Å²) < 4.78 is 13.8. The van der Waals surface area contributed by atoms with Gasteiger partial charge in [-0.15, -0.1) is 0 Å². The highest BCUT2D eigenvalue weighted by Crippen LogP contribution is 2.24. The highest BCUT2D eigenvalue weighted by molar-refractivity contribution is 9.10. The lowest BCUT2D eigenvalue weighted by Gasteiger charge is -2.13. The van der Waals surface area contributed by atoms with Gasteiger partial charge in [-0.25, -0.2) is 4.39 Å². The van der Waals surface area contributed by atoms with Crippen LogP contribution in [0.5, 0.6) is 0 Å². The van der Waals surface area contributed by atoms with Crippen molar-refractivity contribution in [2.75, 3.05) is 11.9 Å². The molecule has 1 amide bonds. The Labute approximate surface area is 113 Å². The fourth-order valence-electron chi connectivity index (χ4n) is 1.92. The summed E-state index contributed by atoms with van der Waals surface area (Å²) in [6.45, 7) is 2.20. The molecule has 1 aliphatic heterocycles. The lowest BCUT2D eigenvalue weighted by Crippen LogP contribution is -2.35. The number of amides is 1. The Hall–Kier alpha value is -0.980. The van der Waals surface area contributed by atoms with Crippen LogP contribution in [0.4, 0.5) is 10.1 Å². The zero-order chi connectivity index (χ0) is 13.3. The van der Waals surface area contributed by atoms with Crippen LogP contribution in [0.15, 0.2) is 16.6 Å². The van der Waals surface area contributed by atoms with E-state index in [4.69, 9.17) is 0 Å². The quantitative estimate of drug-likeness (QED) is 0.776. The van der Waals surface area contributed by atoms with E-state index in [1.165, 1.54) is 6.07 Å². The van der Waals surface area contributed by atoms with Gasteiger partial charge < -0.3 is 15.7 Å². The number of carbonyl (C=O) groups excluding carboxylic acids is 1. The van der Waals surface area contributed by atoms with Crippen molar-refractivity contribution in [1.29, 1.82) is 0 Å². The summed E-state index contributed by atoms with van der Waals surface area (Å²) >= 11 is 3.09. The Bertz CT molecular complexity index is 481. The standard InChI is InChI=1S/C12H14BrFN2O2/c1-6-2-8(13)9(14)4-10(6)16-12(18)11-3-7(17)5-15-11/h2,4,7,11,15,17H,3,5H2,1H3,(H,16,18). The van der Waals surface area contributed by atoms with Crippen LogP contribution in [-0.2, 0) is 4.79 Å². The molecule has 0 aliphatic carbocycles. The number of benzene rings is 1. The molecule has 0 aromatic heterocycles. The summed E-state index contributed by atoms with van der Waals surface area (Å²) in [7, 11) is 0. The zero-order valence-corrected chi connectivity index (χ0v) is 11.4. The van der Waals surface area contributed by atoms with E-state index >= 15 is 0 Å². The van der Waals surface area contributed by atoms with Crippen molar-refractivity contribution in [2.45, 2.75) is 25.5 Å². The molecular formula is C12H14BrFN2O2. The minimum Gasteiger partial charge on any atom is -0.392 e. The molecule has 0 saturated carbocycles. The lowest BCUT2D eigenvalue weighted by atomic mass is 10.1. The van der Waals surface area contributed by atoms with Crippen LogP contribution >= 0.6 is 15.9 Å². The molecule has 2 atom stereocenters. The molecule has 1 aromatic rings. The van der Waals surface area contributed by atoms with Crippen LogP contribution in [0, 0.1) is 12.7 Å². The summed E-state index contributed by atoms with van der Waals surface area (Å²) in [6, 6.07) is 2.47. The van der Waals surface area contributed by atoms with E-state index in [0.29, 0.717) is 23.1 Å². The number of rotatable bonds is 2. The number of aliphatic hydroxyl groups is 1. The van der Waals surface area contributed by atoms with Gasteiger partial charge >= 0.3 is 0 Å². The van der Waals surface area contributed by atoms with E-state index < -0.39 is 18.0 Å². The number of nitrogens with one attached hydrogen (secondary N) is 2. The minimum absolute atomic E-state index is 0.253. The van der Waals surface area contributed by atoms with Gasteiger partial charge in [0.25, 0.3) is 0 Å². The molecule has 0 bridgehead atoms. The average Bonchev–Trinajstić information content (AvgIpc) is 2.73. The maximum atomic E-state index is 13.4. The van der Waals surface area contributed by atoms with E-state index in [1.807, 2.05) is 0 Å². The molecule has 1 fully saturated rings. The first-order valence-corrected chi connectivity index (χ1v) is 6.44. The maximum absolute atomic E-state index is 13.4. The van der Waals surface area contributed by atoms with Crippen LogP contribution in [0.25, 0.3) is 0 Å². The van der Waals surface area contributed by atoms with Crippen LogP contribution in [-0.4, -0.2) is 29.7 Å². The number of hydrogen-bond acceptors (Lipinski definition) is 3. The van der Waals surface area contributed by atoms with Gasteiger partial charge in [-0.2, -0.15) is 0 Å². The first-order valence-electron chi connectivity index (χ1n) is 5.65. The second-order valence-electron chi connectivity index (χ2n) is 4.42. The number of aryl methyl sites for hydroxylation is 1. The predicted molar refractivity (Wildman–Crippen MR) is 69.9 cm³/mol. The zero-order valence-electron chi connectivity index (χ0n) is 9.84. The highest BCUT2D eigenvalue weighted by Gasteiger charge is 2.28. The Kier molecular flexibility index (Phi) is 3.99. The summed E-state index contributed by atoms with van der Waals surface area (Å²) in [5, 5.41) is 14.9. The number of halogens is 2. The maximum Gasteiger partial charge on any atom is 0.241 e. The molecular weight excluding hydrogens is 303 g/mol. The number of hydrogen-bond donors (Lipinski definition) is 3. The van der Waals surface area contributed by atoms with Crippen molar-refractivity contribution in [1.82, 2.24) is 5.32 Å². The number of β-amino-alcohol motifs (C(OH)–C–C–N with tert-alkyl or cyclic N) is 1. The second kappa shape index (κ2) is 5.34. The van der Waals surface area contributed by atoms with Crippen LogP contribution in [0.1, 0.15) is 12.0 Å². The molecule has 1 saturated heterocycles. The summed E-state index contributed by atoms with van der Waals surface area (Å²) in [6.07, 6.45) is -0.118. The van der Waals surface area contributed by atoms with Gasteiger partial charge in [0, 0.05) is 12.2 Å². The monoisotopic (exact) mass is 316 g/mol. The molecule has 4 nitrogen and oxygen atoms in total. The SMILES string of the molecule is Cc1cc(Br)c(F)cc1NC(=O)C1CC(O)CN1. The molecule has 2 unspecified atom stereocenters. The molecule has 0 spiro atoms. The van der Waals surface area contributed by atoms with E-state index in [0.717, 1.165) is 5.56 Å². The molecule has 6 heteroatoms. The van der Waals surface area contributed by atoms with Crippen molar-refractivity contribution < 1.29 is 14.3 Å². The second-order valence-corrected chi connectivity index (χ2v) is 5.28. The first kappa shape index (κ1) is 13.5. The largest absolute Gasteiger partial charge is 0.392 e. The third kappa shape index (κ3) is 2.88. The number of aliphatic hydroxyl groups excluding tert-OH is 1. The molecule has 2 rings (SSSR count). The Morgan fingerprint density at radius 2 is 2.33 bits per heavy atom. The Balaban J connectivity index is 2.09. The number of anilines is 1. The van der Waals surface area contributed by atoms with Gasteiger partial charge in [0.15, 0.2) is 0 Å². The van der Waals surface area contributed by atoms with Gasteiger partial charge in [-0.05, 0) is 47.0 Å². The third-order valence-electron chi connectivity index (χ3n) is 2.95. The van der Waals surface area contributed by atoms with Gasteiger partial charge in [-0.3, -0.25) is 4.79 Å². The van der Waals surface area contributed by atoms with Crippen LogP contribution in [0.2, 0.25) is 0 Å². The Morgan fingerprint density at radius 3 is 2.94 bits per heavy atom. The highest BCUT2D eigenvalue weighted by atomic mass is 79.9. The fraction of sp³-hybridized carbons (Fsp3) is 0.417. The van der Waals surface area contributed by atoms with E-state index in [-0.39, 0.29) is 5.91 Å². The van der Waals surface area contributed by atoms with E-state index in [9.17, 15) is 14.3 Å². The minimum atomic E-state index is -0.497. The molecule has 98 valence electrons. The smallest absolute Gasteiger partial charge is 0.241 e. The van der Waals surface area contributed by atoms with E-state index in [2.05, 4.69) is 26.6 Å². The van der Waals surface area contributed by atoms with Crippen LogP contribution in [0.3, 0.4) is 0 Å². The lowest BCUT2D eigenvalue weighted by molar-refractivity contribution is -0.117. The summed E-state index contributed by atoms with van der Waals surface area (Å²) in [4.78, 5) is 11.9.